The van der Waals surface area contributed by atoms with E-state index in [1.165, 1.54) is 51.7 Å². The zero-order valence-corrected chi connectivity index (χ0v) is 14.8. The molecule has 0 spiro atoms. The second kappa shape index (κ2) is 7.41. The maximum atomic E-state index is 3.76. The molecule has 1 aromatic rings. The van der Waals surface area contributed by atoms with Crippen LogP contribution in [0.15, 0.2) is 14.3 Å². The third-order valence-electron chi connectivity index (χ3n) is 3.89. The van der Waals surface area contributed by atoms with Gasteiger partial charge in [-0.3, -0.25) is 0 Å². The summed E-state index contributed by atoms with van der Waals surface area (Å²) in [6.45, 7) is 3.32. The Morgan fingerprint density at radius 3 is 2.61 bits per heavy atom. The van der Waals surface area contributed by atoms with Crippen molar-refractivity contribution in [2.75, 3.05) is 0 Å². The maximum absolute atomic E-state index is 3.76. The van der Waals surface area contributed by atoms with E-state index in [9.17, 15) is 0 Å². The summed E-state index contributed by atoms with van der Waals surface area (Å²) in [6, 6.07) is 2.92. The first-order chi connectivity index (χ1) is 8.70. The monoisotopic (exact) mass is 393 g/mol. The molecule has 0 radical (unpaired) electrons. The van der Waals surface area contributed by atoms with E-state index in [1.54, 1.807) is 0 Å². The van der Waals surface area contributed by atoms with Gasteiger partial charge in [0.2, 0.25) is 0 Å². The van der Waals surface area contributed by atoms with Crippen molar-refractivity contribution >= 4 is 43.2 Å². The first kappa shape index (κ1) is 15.0. The number of halogens is 2. The SMILES string of the molecule is CCC(NCc1cc(Br)c(Br)s1)C1CCCCC1. The lowest BCUT2D eigenvalue weighted by Crippen LogP contribution is -2.36. The van der Waals surface area contributed by atoms with Crippen LogP contribution >= 0.6 is 43.2 Å². The molecule has 18 heavy (non-hydrogen) atoms. The molecular formula is C14H21Br2NS. The highest BCUT2D eigenvalue weighted by Crippen LogP contribution is 2.33. The lowest BCUT2D eigenvalue weighted by molar-refractivity contribution is 0.262. The molecular weight excluding hydrogens is 374 g/mol. The van der Waals surface area contributed by atoms with Gasteiger partial charge in [0.05, 0.1) is 3.79 Å². The highest BCUT2D eigenvalue weighted by molar-refractivity contribution is 9.13. The van der Waals surface area contributed by atoms with E-state index in [0.29, 0.717) is 6.04 Å². The van der Waals surface area contributed by atoms with Crippen LogP contribution in [0.2, 0.25) is 0 Å². The number of thiophene rings is 1. The van der Waals surface area contributed by atoms with Crippen LogP contribution in [-0.2, 0) is 6.54 Å². The van der Waals surface area contributed by atoms with Crippen LogP contribution in [0.25, 0.3) is 0 Å². The Morgan fingerprint density at radius 2 is 2.06 bits per heavy atom. The first-order valence-corrected chi connectivity index (χ1v) is 9.28. The predicted molar refractivity (Wildman–Crippen MR) is 87.2 cm³/mol. The fraction of sp³-hybridized carbons (Fsp3) is 0.714. The van der Waals surface area contributed by atoms with Crippen molar-refractivity contribution in [2.45, 2.75) is 58.0 Å². The normalized spacial score (nSPS) is 19.1. The van der Waals surface area contributed by atoms with E-state index in [2.05, 4.69) is 50.2 Å². The van der Waals surface area contributed by atoms with Crippen LogP contribution in [0.4, 0.5) is 0 Å². The van der Waals surface area contributed by atoms with E-state index in [-0.39, 0.29) is 0 Å². The van der Waals surface area contributed by atoms with Gasteiger partial charge >= 0.3 is 0 Å². The minimum atomic E-state index is 0.699. The van der Waals surface area contributed by atoms with E-state index in [4.69, 9.17) is 0 Å². The summed E-state index contributed by atoms with van der Waals surface area (Å²) in [4.78, 5) is 1.41. The van der Waals surface area contributed by atoms with Gasteiger partial charge in [0, 0.05) is 21.9 Å². The van der Waals surface area contributed by atoms with Crippen LogP contribution in [0.5, 0.6) is 0 Å². The third-order valence-corrected chi connectivity index (χ3v) is 7.15. The molecule has 0 aliphatic heterocycles. The van der Waals surface area contributed by atoms with Gasteiger partial charge in [0.25, 0.3) is 0 Å². The van der Waals surface area contributed by atoms with E-state index >= 15 is 0 Å². The molecule has 1 aliphatic rings. The van der Waals surface area contributed by atoms with E-state index in [1.807, 2.05) is 11.3 Å². The highest BCUT2D eigenvalue weighted by atomic mass is 79.9. The molecule has 1 aromatic heterocycles. The van der Waals surface area contributed by atoms with Crippen LogP contribution in [0.3, 0.4) is 0 Å². The molecule has 0 saturated heterocycles. The van der Waals surface area contributed by atoms with Crippen molar-refractivity contribution in [1.82, 2.24) is 5.32 Å². The van der Waals surface area contributed by atoms with Crippen LogP contribution in [-0.4, -0.2) is 6.04 Å². The lowest BCUT2D eigenvalue weighted by atomic mass is 9.83. The van der Waals surface area contributed by atoms with Crippen molar-refractivity contribution in [3.63, 3.8) is 0 Å². The quantitative estimate of drug-likeness (QED) is 0.673. The Hall–Kier alpha value is 0.620. The lowest BCUT2D eigenvalue weighted by Gasteiger charge is -2.30. The van der Waals surface area contributed by atoms with Crippen LogP contribution < -0.4 is 5.32 Å². The number of rotatable bonds is 5. The molecule has 1 fully saturated rings. The summed E-state index contributed by atoms with van der Waals surface area (Å²) < 4.78 is 2.38. The molecule has 0 bridgehead atoms. The van der Waals surface area contributed by atoms with Gasteiger partial charge in [-0.25, -0.2) is 0 Å². The predicted octanol–water partition coefficient (Wildman–Crippen LogP) is 5.72. The van der Waals surface area contributed by atoms with Gasteiger partial charge < -0.3 is 5.32 Å². The molecule has 2 rings (SSSR count). The van der Waals surface area contributed by atoms with E-state index < -0.39 is 0 Å². The van der Waals surface area contributed by atoms with Gasteiger partial charge in [0.1, 0.15) is 0 Å². The second-order valence-electron chi connectivity index (χ2n) is 5.13. The van der Waals surface area contributed by atoms with Crippen molar-refractivity contribution in [3.05, 3.63) is 19.2 Å². The molecule has 1 heterocycles. The summed E-state index contributed by atoms with van der Waals surface area (Å²) in [5.41, 5.74) is 0. The average molecular weight is 395 g/mol. The summed E-state index contributed by atoms with van der Waals surface area (Å²) in [5.74, 6) is 0.899. The largest absolute Gasteiger partial charge is 0.309 e. The Balaban J connectivity index is 1.86. The molecule has 102 valence electrons. The zero-order valence-electron chi connectivity index (χ0n) is 10.8. The smallest absolute Gasteiger partial charge is 0.0843 e. The molecule has 1 aliphatic carbocycles. The topological polar surface area (TPSA) is 12.0 Å². The Bertz CT molecular complexity index is 352. The minimum absolute atomic E-state index is 0.699. The van der Waals surface area contributed by atoms with E-state index in [0.717, 1.165) is 12.5 Å². The van der Waals surface area contributed by atoms with Gasteiger partial charge in [-0.2, -0.15) is 0 Å². The molecule has 4 heteroatoms. The molecule has 1 saturated carbocycles. The number of nitrogens with one attached hydrogen (secondary N) is 1. The Morgan fingerprint density at radius 1 is 1.33 bits per heavy atom. The van der Waals surface area contributed by atoms with Crippen molar-refractivity contribution in [2.24, 2.45) is 5.92 Å². The van der Waals surface area contributed by atoms with Gasteiger partial charge in [-0.1, -0.05) is 26.2 Å². The van der Waals surface area contributed by atoms with Crippen LogP contribution in [0.1, 0.15) is 50.3 Å². The van der Waals surface area contributed by atoms with Crippen molar-refractivity contribution in [3.8, 4) is 0 Å². The molecule has 1 atom stereocenters. The molecule has 1 N–H and O–H groups in total. The molecule has 1 nitrogen and oxygen atoms in total. The Kier molecular flexibility index (Phi) is 6.19. The standard InChI is InChI=1S/C14H21Br2NS/c1-2-13(10-6-4-3-5-7-10)17-9-11-8-12(15)14(16)18-11/h8,10,13,17H,2-7,9H2,1H3. The molecule has 1 unspecified atom stereocenters. The average Bonchev–Trinajstić information content (AvgIpc) is 2.71. The maximum Gasteiger partial charge on any atom is 0.0843 e. The fourth-order valence-electron chi connectivity index (χ4n) is 2.89. The van der Waals surface area contributed by atoms with Crippen molar-refractivity contribution < 1.29 is 0 Å². The number of hydrogen-bond acceptors (Lipinski definition) is 2. The van der Waals surface area contributed by atoms with Gasteiger partial charge in [0.15, 0.2) is 0 Å². The van der Waals surface area contributed by atoms with Gasteiger partial charge in [-0.05, 0) is 63.1 Å². The number of hydrogen-bond donors (Lipinski definition) is 1. The van der Waals surface area contributed by atoms with Crippen molar-refractivity contribution in [1.29, 1.82) is 0 Å². The fourth-order valence-corrected chi connectivity index (χ4v) is 5.02. The minimum Gasteiger partial charge on any atom is -0.309 e. The summed E-state index contributed by atoms with van der Waals surface area (Å²) in [5, 5.41) is 3.76. The molecule has 0 aromatic carbocycles. The van der Waals surface area contributed by atoms with Gasteiger partial charge in [-0.15, -0.1) is 11.3 Å². The second-order valence-corrected chi connectivity index (χ2v) is 8.44. The third kappa shape index (κ3) is 4.06. The molecule has 0 amide bonds. The highest BCUT2D eigenvalue weighted by Gasteiger charge is 2.21. The Labute approximate surface area is 131 Å². The zero-order chi connectivity index (χ0) is 13.0. The first-order valence-electron chi connectivity index (χ1n) is 6.87. The van der Waals surface area contributed by atoms with Crippen LogP contribution in [0, 0.1) is 5.92 Å². The summed E-state index contributed by atoms with van der Waals surface area (Å²) in [6.07, 6.45) is 8.39. The summed E-state index contributed by atoms with van der Waals surface area (Å²) in [7, 11) is 0. The summed E-state index contributed by atoms with van der Waals surface area (Å²) >= 11 is 8.93.